The van der Waals surface area contributed by atoms with Crippen LogP contribution in [0.3, 0.4) is 0 Å². The van der Waals surface area contributed by atoms with Crippen molar-refractivity contribution >= 4 is 5.82 Å². The third-order valence-corrected chi connectivity index (χ3v) is 5.33. The van der Waals surface area contributed by atoms with Gasteiger partial charge in [0, 0.05) is 19.5 Å². The zero-order valence-electron chi connectivity index (χ0n) is 14.4. The molecule has 2 aromatic heterocycles. The fraction of sp³-hybridized carbons (Fsp3) is 0.647. The summed E-state index contributed by atoms with van der Waals surface area (Å²) in [5, 5.41) is 17.4. The first kappa shape index (κ1) is 16.3. The Morgan fingerprint density at radius 1 is 1.40 bits per heavy atom. The maximum atomic E-state index is 8.89. The van der Waals surface area contributed by atoms with Crippen LogP contribution in [0.4, 0.5) is 5.82 Å². The molecule has 3 heterocycles. The smallest absolute Gasteiger partial charge is 0.234 e. The molecule has 0 spiro atoms. The Morgan fingerprint density at radius 3 is 3.12 bits per heavy atom. The fourth-order valence-corrected chi connectivity index (χ4v) is 4.12. The van der Waals surface area contributed by atoms with E-state index in [1.807, 2.05) is 6.92 Å². The molecule has 0 radical (unpaired) electrons. The normalized spacial score (nSPS) is 25.4. The van der Waals surface area contributed by atoms with Crippen LogP contribution in [0.15, 0.2) is 16.8 Å². The summed E-state index contributed by atoms with van der Waals surface area (Å²) in [6, 6.07) is 0. The maximum absolute atomic E-state index is 8.89. The molecule has 2 aromatic rings. The Kier molecular flexibility index (Phi) is 4.29. The van der Waals surface area contributed by atoms with Crippen LogP contribution < -0.4 is 9.64 Å². The Labute approximate surface area is 146 Å². The molecule has 0 amide bonds. The number of aryl methyl sites for hydroxylation is 1. The molecule has 1 saturated carbocycles. The van der Waals surface area contributed by atoms with E-state index in [2.05, 4.69) is 25.1 Å². The summed E-state index contributed by atoms with van der Waals surface area (Å²) in [6.45, 7) is 3.91. The molecule has 1 N–H and O–H groups in total. The van der Waals surface area contributed by atoms with Gasteiger partial charge in [0.2, 0.25) is 17.7 Å². The van der Waals surface area contributed by atoms with Crippen molar-refractivity contribution in [2.45, 2.75) is 38.0 Å². The predicted octanol–water partition coefficient (Wildman–Crippen LogP) is 1.35. The van der Waals surface area contributed by atoms with Crippen molar-refractivity contribution < 1.29 is 14.3 Å². The largest absolute Gasteiger partial charge is 0.474 e. The molecule has 2 aliphatic rings. The van der Waals surface area contributed by atoms with Crippen LogP contribution in [0.2, 0.25) is 0 Å². The average Bonchev–Trinajstić information content (AvgIpc) is 3.33. The quantitative estimate of drug-likeness (QED) is 0.838. The van der Waals surface area contributed by atoms with Crippen molar-refractivity contribution in [3.05, 3.63) is 24.2 Å². The van der Waals surface area contributed by atoms with Gasteiger partial charge in [-0.25, -0.2) is 0 Å². The van der Waals surface area contributed by atoms with Gasteiger partial charge in [-0.2, -0.15) is 4.98 Å². The Hall–Kier alpha value is -2.22. The lowest BCUT2D eigenvalue weighted by Gasteiger charge is -2.24. The lowest BCUT2D eigenvalue weighted by molar-refractivity contribution is 0.196. The van der Waals surface area contributed by atoms with E-state index in [1.54, 1.807) is 12.4 Å². The van der Waals surface area contributed by atoms with E-state index in [-0.39, 0.29) is 18.6 Å². The average molecular weight is 345 g/mol. The zero-order valence-corrected chi connectivity index (χ0v) is 14.4. The molecule has 0 aromatic carbocycles. The van der Waals surface area contributed by atoms with Gasteiger partial charge in [-0.1, -0.05) is 13.3 Å². The maximum Gasteiger partial charge on any atom is 0.234 e. The van der Waals surface area contributed by atoms with Crippen LogP contribution >= 0.6 is 0 Å². The number of aromatic nitrogens is 4. The Bertz CT molecular complexity index is 737. The second-order valence-electron chi connectivity index (χ2n) is 6.77. The third kappa shape index (κ3) is 2.84. The highest BCUT2D eigenvalue weighted by Crippen LogP contribution is 2.50. The number of aliphatic hydroxyl groups excluding tert-OH is 1. The van der Waals surface area contributed by atoms with Gasteiger partial charge in [0.15, 0.2) is 5.82 Å². The minimum Gasteiger partial charge on any atom is -0.474 e. The molecular formula is C17H23N5O3. The van der Waals surface area contributed by atoms with E-state index in [0.717, 1.165) is 44.1 Å². The third-order valence-electron chi connectivity index (χ3n) is 5.33. The number of hydrogen-bond acceptors (Lipinski definition) is 8. The lowest BCUT2D eigenvalue weighted by atomic mass is 9.80. The van der Waals surface area contributed by atoms with Crippen molar-refractivity contribution in [3.8, 4) is 5.88 Å². The van der Waals surface area contributed by atoms with Gasteiger partial charge in [0.05, 0.1) is 24.4 Å². The van der Waals surface area contributed by atoms with Gasteiger partial charge in [-0.15, -0.1) is 10.2 Å². The van der Waals surface area contributed by atoms with Crippen LogP contribution in [0.25, 0.3) is 0 Å². The van der Waals surface area contributed by atoms with Crippen molar-refractivity contribution in [1.29, 1.82) is 0 Å². The van der Waals surface area contributed by atoms with Gasteiger partial charge in [0.25, 0.3) is 0 Å². The van der Waals surface area contributed by atoms with Gasteiger partial charge in [0.1, 0.15) is 6.61 Å². The molecule has 1 aliphatic heterocycles. The molecule has 8 heteroatoms. The molecular weight excluding hydrogens is 322 g/mol. The molecule has 1 saturated heterocycles. The summed E-state index contributed by atoms with van der Waals surface area (Å²) in [5.41, 5.74) is -0.0793. The van der Waals surface area contributed by atoms with Gasteiger partial charge in [-0.3, -0.25) is 4.98 Å². The first-order valence-electron chi connectivity index (χ1n) is 8.88. The summed E-state index contributed by atoms with van der Waals surface area (Å²) < 4.78 is 11.3. The molecule has 2 atom stereocenters. The van der Waals surface area contributed by atoms with Crippen molar-refractivity contribution in [3.63, 3.8) is 0 Å². The number of aliphatic hydroxyl groups is 1. The second kappa shape index (κ2) is 6.59. The summed E-state index contributed by atoms with van der Waals surface area (Å²) in [5.74, 6) is 3.19. The molecule has 1 aliphatic carbocycles. The van der Waals surface area contributed by atoms with Gasteiger partial charge >= 0.3 is 0 Å². The standard InChI is InChI=1S/C17H23N5O3/c1-2-14-20-21-16(25-14)17-5-3-4-12(17)10-22(11-17)13-8-18-9-15(19-13)24-7-6-23/h8-9,12,23H,2-7,10-11H2,1H3/t12-,17-/m0/s1. The predicted molar refractivity (Wildman–Crippen MR) is 89.5 cm³/mol. The monoisotopic (exact) mass is 345 g/mol. The highest BCUT2D eigenvalue weighted by molar-refractivity contribution is 5.43. The number of hydrogen-bond donors (Lipinski definition) is 1. The minimum absolute atomic E-state index is 0.0439. The summed E-state index contributed by atoms with van der Waals surface area (Å²) >= 11 is 0. The second-order valence-corrected chi connectivity index (χ2v) is 6.77. The molecule has 2 fully saturated rings. The number of rotatable bonds is 6. The first-order valence-corrected chi connectivity index (χ1v) is 8.88. The van der Waals surface area contributed by atoms with Gasteiger partial charge in [-0.05, 0) is 18.8 Å². The molecule has 134 valence electrons. The van der Waals surface area contributed by atoms with E-state index < -0.39 is 0 Å². The van der Waals surface area contributed by atoms with E-state index in [9.17, 15) is 0 Å². The molecule has 0 unspecified atom stereocenters. The SMILES string of the molecule is CCc1nnc([C@]23CCC[C@H]2CN(c2cncc(OCCO)n2)C3)o1. The number of ether oxygens (including phenoxy) is 1. The fourth-order valence-electron chi connectivity index (χ4n) is 4.12. The zero-order chi connectivity index (χ0) is 17.3. The van der Waals surface area contributed by atoms with E-state index in [1.165, 1.54) is 6.42 Å². The van der Waals surface area contributed by atoms with Crippen LogP contribution in [0.5, 0.6) is 5.88 Å². The summed E-state index contributed by atoms with van der Waals surface area (Å²) in [7, 11) is 0. The number of nitrogens with zero attached hydrogens (tertiary/aromatic N) is 5. The van der Waals surface area contributed by atoms with E-state index in [4.69, 9.17) is 14.3 Å². The Balaban J connectivity index is 1.58. The van der Waals surface area contributed by atoms with Gasteiger partial charge < -0.3 is 19.2 Å². The van der Waals surface area contributed by atoms with Crippen molar-refractivity contribution in [1.82, 2.24) is 20.2 Å². The lowest BCUT2D eigenvalue weighted by Crippen LogP contribution is -2.32. The van der Waals surface area contributed by atoms with Crippen molar-refractivity contribution in [2.75, 3.05) is 31.2 Å². The highest BCUT2D eigenvalue weighted by atomic mass is 16.5. The number of anilines is 1. The van der Waals surface area contributed by atoms with Crippen LogP contribution in [0.1, 0.15) is 38.0 Å². The van der Waals surface area contributed by atoms with Crippen LogP contribution in [0, 0.1) is 5.92 Å². The molecule has 0 bridgehead atoms. The topological polar surface area (TPSA) is 97.4 Å². The van der Waals surface area contributed by atoms with E-state index in [0.29, 0.717) is 17.7 Å². The van der Waals surface area contributed by atoms with E-state index >= 15 is 0 Å². The van der Waals surface area contributed by atoms with Crippen LogP contribution in [-0.2, 0) is 11.8 Å². The summed E-state index contributed by atoms with van der Waals surface area (Å²) in [6.07, 6.45) is 7.49. The molecule has 25 heavy (non-hydrogen) atoms. The van der Waals surface area contributed by atoms with Crippen LogP contribution in [-0.4, -0.2) is 51.6 Å². The Morgan fingerprint density at radius 2 is 2.32 bits per heavy atom. The highest BCUT2D eigenvalue weighted by Gasteiger charge is 2.54. The minimum atomic E-state index is -0.0793. The van der Waals surface area contributed by atoms with Crippen molar-refractivity contribution in [2.24, 2.45) is 5.92 Å². The number of fused-ring (bicyclic) bond motifs is 1. The molecule has 8 nitrogen and oxygen atoms in total. The first-order chi connectivity index (χ1) is 12.2. The summed E-state index contributed by atoms with van der Waals surface area (Å²) in [4.78, 5) is 11.0. The molecule has 4 rings (SSSR count).